The van der Waals surface area contributed by atoms with Gasteiger partial charge in [-0.2, -0.15) is 0 Å². The van der Waals surface area contributed by atoms with E-state index in [1.165, 1.54) is 11.6 Å². The minimum atomic E-state index is -0.289. The van der Waals surface area contributed by atoms with Crippen molar-refractivity contribution in [1.82, 2.24) is 0 Å². The number of aromatic hydroxyl groups is 1. The van der Waals surface area contributed by atoms with E-state index in [9.17, 15) is 9.50 Å². The van der Waals surface area contributed by atoms with Gasteiger partial charge in [-0.3, -0.25) is 0 Å². The summed E-state index contributed by atoms with van der Waals surface area (Å²) >= 11 is 0. The minimum absolute atomic E-state index is 0.215. The van der Waals surface area contributed by atoms with Crippen molar-refractivity contribution in [3.8, 4) is 11.5 Å². The van der Waals surface area contributed by atoms with Gasteiger partial charge in [0.25, 0.3) is 0 Å². The molecule has 172 valence electrons. The highest BCUT2D eigenvalue weighted by Crippen LogP contribution is 2.33. The number of benzene rings is 3. The Morgan fingerprint density at radius 1 is 0.912 bits per heavy atom. The average molecular weight is 454 g/mol. The van der Waals surface area contributed by atoms with Crippen LogP contribution in [0, 0.1) is 26.6 Å². The third-order valence-corrected chi connectivity index (χ3v) is 5.97. The van der Waals surface area contributed by atoms with Gasteiger partial charge in [-0.1, -0.05) is 48.6 Å². The standard InChI is InChI=1S/C30H28FNO2/c1-19-12-15-25(16-20(19)2)34-22(4)32-29-18-27(28(31)17-21(29)3)24-9-7-8-23(13-14-24)26-10-5-6-11-30(26)33/h5-8,10-18,33H,9H2,1-4H3. The molecule has 0 aromatic heterocycles. The topological polar surface area (TPSA) is 41.8 Å². The zero-order chi connectivity index (χ0) is 24.2. The lowest BCUT2D eigenvalue weighted by Gasteiger charge is -2.11. The lowest BCUT2D eigenvalue weighted by molar-refractivity contribution is 0.473. The molecule has 1 aliphatic rings. The van der Waals surface area contributed by atoms with Gasteiger partial charge in [0.15, 0.2) is 5.90 Å². The Hall–Kier alpha value is -3.92. The number of aliphatic imine (C=N–C) groups is 1. The fourth-order valence-corrected chi connectivity index (χ4v) is 3.89. The van der Waals surface area contributed by atoms with Crippen molar-refractivity contribution in [3.63, 3.8) is 0 Å². The van der Waals surface area contributed by atoms with Crippen LogP contribution in [0.15, 0.2) is 83.9 Å². The first-order valence-corrected chi connectivity index (χ1v) is 11.3. The van der Waals surface area contributed by atoms with Gasteiger partial charge in [-0.05, 0) is 85.4 Å². The maximum absolute atomic E-state index is 15.0. The molecule has 0 radical (unpaired) electrons. The van der Waals surface area contributed by atoms with E-state index >= 15 is 0 Å². The van der Waals surface area contributed by atoms with Crippen LogP contribution in [0.25, 0.3) is 11.1 Å². The van der Waals surface area contributed by atoms with Crippen molar-refractivity contribution in [1.29, 1.82) is 0 Å². The number of para-hydroxylation sites is 1. The highest BCUT2D eigenvalue weighted by Gasteiger charge is 2.13. The van der Waals surface area contributed by atoms with Crippen molar-refractivity contribution in [2.45, 2.75) is 34.1 Å². The van der Waals surface area contributed by atoms with E-state index < -0.39 is 0 Å². The Labute approximate surface area is 200 Å². The quantitative estimate of drug-likeness (QED) is 0.321. The van der Waals surface area contributed by atoms with E-state index in [0.717, 1.165) is 33.6 Å². The van der Waals surface area contributed by atoms with Crippen LogP contribution in [0.2, 0.25) is 0 Å². The average Bonchev–Trinajstić information content (AvgIpc) is 3.04. The number of aryl methyl sites for hydroxylation is 3. The largest absolute Gasteiger partial charge is 0.507 e. The molecular weight excluding hydrogens is 425 g/mol. The number of ether oxygens (including phenoxy) is 1. The molecule has 4 heteroatoms. The van der Waals surface area contributed by atoms with Crippen LogP contribution in [-0.2, 0) is 0 Å². The summed E-state index contributed by atoms with van der Waals surface area (Å²) in [4.78, 5) is 4.63. The third-order valence-electron chi connectivity index (χ3n) is 5.97. The Morgan fingerprint density at radius 2 is 1.71 bits per heavy atom. The molecule has 0 unspecified atom stereocenters. The molecule has 0 fully saturated rings. The fraction of sp³-hybridized carbons (Fsp3) is 0.167. The summed E-state index contributed by atoms with van der Waals surface area (Å²) in [7, 11) is 0. The molecule has 3 nitrogen and oxygen atoms in total. The molecule has 3 aromatic rings. The first-order chi connectivity index (χ1) is 16.3. The van der Waals surface area contributed by atoms with Crippen LogP contribution in [0.1, 0.15) is 41.2 Å². The van der Waals surface area contributed by atoms with Crippen molar-refractivity contribution in [2.24, 2.45) is 4.99 Å². The van der Waals surface area contributed by atoms with E-state index in [2.05, 4.69) is 11.9 Å². The summed E-state index contributed by atoms with van der Waals surface area (Å²) in [6, 6.07) is 16.4. The van der Waals surface area contributed by atoms with Crippen LogP contribution in [0.4, 0.5) is 10.1 Å². The van der Waals surface area contributed by atoms with Crippen LogP contribution in [-0.4, -0.2) is 11.0 Å². The number of nitrogens with zero attached hydrogens (tertiary/aromatic N) is 1. The Morgan fingerprint density at radius 3 is 2.47 bits per heavy atom. The predicted molar refractivity (Wildman–Crippen MR) is 138 cm³/mol. The number of hydrogen-bond donors (Lipinski definition) is 1. The summed E-state index contributed by atoms with van der Waals surface area (Å²) < 4.78 is 20.9. The molecule has 0 amide bonds. The second-order valence-electron chi connectivity index (χ2n) is 8.54. The fourth-order valence-electron chi connectivity index (χ4n) is 3.89. The summed E-state index contributed by atoms with van der Waals surface area (Å²) in [5.41, 5.74) is 6.70. The van der Waals surface area contributed by atoms with E-state index in [0.29, 0.717) is 23.6 Å². The molecule has 1 aliphatic carbocycles. The molecule has 0 bridgehead atoms. The normalized spacial score (nSPS) is 13.9. The summed E-state index contributed by atoms with van der Waals surface area (Å²) in [6.45, 7) is 7.74. The number of phenolic OH excluding ortho intramolecular Hbond substituents is 1. The number of phenols is 1. The lowest BCUT2D eigenvalue weighted by Crippen LogP contribution is -2.03. The van der Waals surface area contributed by atoms with Crippen LogP contribution >= 0.6 is 0 Å². The zero-order valence-corrected chi connectivity index (χ0v) is 19.9. The maximum atomic E-state index is 15.0. The molecule has 0 atom stereocenters. The SMILES string of the molecule is CC(=Nc1cc(C2=CC=C(c3ccccc3O)C=CC2)c(F)cc1C)Oc1ccc(C)c(C)c1. The molecular formula is C30H28FNO2. The Bertz CT molecular complexity index is 1360. The minimum Gasteiger partial charge on any atom is -0.507 e. The number of halogens is 1. The number of hydrogen-bond acceptors (Lipinski definition) is 3. The highest BCUT2D eigenvalue weighted by atomic mass is 19.1. The van der Waals surface area contributed by atoms with Crippen molar-refractivity contribution in [3.05, 3.63) is 113 Å². The summed E-state index contributed by atoms with van der Waals surface area (Å²) in [6.07, 6.45) is 8.30. The van der Waals surface area contributed by atoms with Gasteiger partial charge < -0.3 is 9.84 Å². The molecule has 0 saturated heterocycles. The molecule has 3 aromatic carbocycles. The molecule has 1 N–H and O–H groups in total. The molecule has 0 spiro atoms. The van der Waals surface area contributed by atoms with E-state index in [1.54, 1.807) is 25.1 Å². The van der Waals surface area contributed by atoms with Gasteiger partial charge in [-0.25, -0.2) is 9.38 Å². The summed E-state index contributed by atoms with van der Waals surface area (Å²) in [5, 5.41) is 10.2. The maximum Gasteiger partial charge on any atom is 0.192 e. The van der Waals surface area contributed by atoms with Crippen molar-refractivity contribution < 1.29 is 14.2 Å². The van der Waals surface area contributed by atoms with Crippen molar-refractivity contribution in [2.75, 3.05) is 0 Å². The van der Waals surface area contributed by atoms with Crippen LogP contribution < -0.4 is 4.74 Å². The van der Waals surface area contributed by atoms with E-state index in [1.807, 2.05) is 68.5 Å². The van der Waals surface area contributed by atoms with E-state index in [-0.39, 0.29) is 11.6 Å². The molecule has 34 heavy (non-hydrogen) atoms. The van der Waals surface area contributed by atoms with Crippen LogP contribution in [0.3, 0.4) is 0 Å². The molecule has 0 aliphatic heterocycles. The van der Waals surface area contributed by atoms with Gasteiger partial charge in [0.1, 0.15) is 17.3 Å². The lowest BCUT2D eigenvalue weighted by atomic mass is 9.99. The van der Waals surface area contributed by atoms with E-state index in [4.69, 9.17) is 4.74 Å². The zero-order valence-electron chi connectivity index (χ0n) is 19.9. The predicted octanol–water partition coefficient (Wildman–Crippen LogP) is 8.01. The third kappa shape index (κ3) is 5.18. The Balaban J connectivity index is 1.65. The highest BCUT2D eigenvalue weighted by molar-refractivity contribution is 5.84. The smallest absolute Gasteiger partial charge is 0.192 e. The monoisotopic (exact) mass is 453 g/mol. The van der Waals surface area contributed by atoms with Gasteiger partial charge in [-0.15, -0.1) is 0 Å². The van der Waals surface area contributed by atoms with Crippen LogP contribution in [0.5, 0.6) is 11.5 Å². The van der Waals surface area contributed by atoms with Gasteiger partial charge in [0, 0.05) is 18.1 Å². The number of allylic oxidation sites excluding steroid dienone is 6. The second-order valence-corrected chi connectivity index (χ2v) is 8.54. The molecule has 0 saturated carbocycles. The van der Waals surface area contributed by atoms with Gasteiger partial charge >= 0.3 is 0 Å². The molecule has 0 heterocycles. The summed E-state index contributed by atoms with van der Waals surface area (Å²) in [5.74, 6) is 1.14. The van der Waals surface area contributed by atoms with Gasteiger partial charge in [0.05, 0.1) is 5.69 Å². The Kier molecular flexibility index (Phi) is 6.78. The van der Waals surface area contributed by atoms with Gasteiger partial charge in [0.2, 0.25) is 0 Å². The first kappa shape index (κ1) is 23.2. The molecule has 4 rings (SSSR count). The second kappa shape index (κ2) is 9.92. The number of rotatable bonds is 4. The van der Waals surface area contributed by atoms with Crippen molar-refractivity contribution >= 4 is 22.7 Å². The first-order valence-electron chi connectivity index (χ1n) is 11.3.